The molecule has 1 aromatic carbocycles. The van der Waals surface area contributed by atoms with Gasteiger partial charge in [-0.3, -0.25) is 24.2 Å². The van der Waals surface area contributed by atoms with Crippen molar-refractivity contribution in [3.63, 3.8) is 0 Å². The van der Waals surface area contributed by atoms with Gasteiger partial charge in [-0.05, 0) is 61.1 Å². The van der Waals surface area contributed by atoms with Crippen LogP contribution in [0.1, 0.15) is 35.7 Å². The molecule has 1 amide bonds. The Labute approximate surface area is 178 Å². The number of fused-ring (bicyclic) bond motifs is 1. The van der Waals surface area contributed by atoms with Crippen molar-refractivity contribution in [1.29, 1.82) is 0 Å². The lowest BCUT2D eigenvalue weighted by Gasteiger charge is -2.32. The average Bonchev–Trinajstić information content (AvgIpc) is 2.80. The summed E-state index contributed by atoms with van der Waals surface area (Å²) in [5, 5.41) is 13.1. The lowest BCUT2D eigenvalue weighted by molar-refractivity contribution is -0.128. The smallest absolute Gasteiger partial charge is 0.274 e. The van der Waals surface area contributed by atoms with E-state index in [0.29, 0.717) is 23.0 Å². The quantitative estimate of drug-likeness (QED) is 0.430. The second-order valence-corrected chi connectivity index (χ2v) is 8.17. The van der Waals surface area contributed by atoms with E-state index in [4.69, 9.17) is 5.21 Å². The zero-order valence-electron chi connectivity index (χ0n) is 17.2. The number of amides is 1. The minimum Gasteiger partial charge on any atom is -0.317 e. The lowest BCUT2D eigenvalue weighted by Crippen LogP contribution is -2.40. The highest BCUT2D eigenvalue weighted by Gasteiger charge is 2.33. The molecule has 2 aromatic heterocycles. The Kier molecular flexibility index (Phi) is 5.67. The molecular formula is C23H24N4O4. The zero-order chi connectivity index (χ0) is 22.0. The zero-order valence-corrected chi connectivity index (χ0v) is 17.2. The van der Waals surface area contributed by atoms with Crippen LogP contribution in [0.3, 0.4) is 0 Å². The highest BCUT2D eigenvalue weighted by Crippen LogP contribution is 2.30. The van der Waals surface area contributed by atoms with Gasteiger partial charge in [-0.25, -0.2) is 10.5 Å². The number of nitrogens with zero attached hydrogens (tertiary/aromatic N) is 2. The van der Waals surface area contributed by atoms with Crippen LogP contribution in [0.25, 0.3) is 16.6 Å². The molecule has 1 saturated heterocycles. The summed E-state index contributed by atoms with van der Waals surface area (Å²) < 4.78 is 1.39. The molecule has 8 nitrogen and oxygen atoms in total. The standard InChI is InChI=1S/C23H24N4O4/c1-23(7-9-24-10-8-23)19(28)12-15-2-5-20(25-14-15)27-11-6-16-3-4-17(21(29)26-31)13-18(16)22(27)30/h2-6,11,13-14,24,31H,7-10,12H2,1H3,(H,26,29). The summed E-state index contributed by atoms with van der Waals surface area (Å²) in [6, 6.07) is 9.91. The van der Waals surface area contributed by atoms with E-state index in [1.54, 1.807) is 36.1 Å². The Bertz CT molecular complexity index is 1190. The monoisotopic (exact) mass is 420 g/mol. The highest BCUT2D eigenvalue weighted by molar-refractivity contribution is 5.97. The Balaban J connectivity index is 1.60. The van der Waals surface area contributed by atoms with Gasteiger partial charge in [-0.1, -0.05) is 19.1 Å². The number of carbonyl (C=O) groups excluding carboxylic acids is 2. The molecular weight excluding hydrogens is 396 g/mol. The summed E-state index contributed by atoms with van der Waals surface area (Å²) in [5.41, 5.74) is 1.92. The fraction of sp³-hybridized carbons (Fsp3) is 0.304. The van der Waals surface area contributed by atoms with Gasteiger partial charge < -0.3 is 5.32 Å². The number of pyridine rings is 2. The minimum atomic E-state index is -0.689. The van der Waals surface area contributed by atoms with Crippen molar-refractivity contribution in [2.45, 2.75) is 26.2 Å². The van der Waals surface area contributed by atoms with Crippen LogP contribution in [-0.2, 0) is 11.2 Å². The van der Waals surface area contributed by atoms with E-state index in [0.717, 1.165) is 31.5 Å². The molecule has 0 bridgehead atoms. The van der Waals surface area contributed by atoms with Gasteiger partial charge in [0.05, 0.1) is 0 Å². The van der Waals surface area contributed by atoms with Crippen LogP contribution in [0.15, 0.2) is 53.6 Å². The fourth-order valence-electron chi connectivity index (χ4n) is 3.95. The molecule has 0 atom stereocenters. The third-order valence-corrected chi connectivity index (χ3v) is 6.07. The van der Waals surface area contributed by atoms with Crippen LogP contribution in [0.4, 0.5) is 0 Å². The van der Waals surface area contributed by atoms with Gasteiger partial charge in [0, 0.05) is 35.2 Å². The molecule has 1 fully saturated rings. The normalized spacial score (nSPS) is 15.5. The number of nitrogens with one attached hydrogen (secondary N) is 2. The van der Waals surface area contributed by atoms with Crippen LogP contribution in [0.2, 0.25) is 0 Å². The minimum absolute atomic E-state index is 0.179. The Hall–Kier alpha value is -3.36. The van der Waals surface area contributed by atoms with E-state index in [1.807, 2.05) is 13.0 Å². The van der Waals surface area contributed by atoms with Crippen molar-refractivity contribution in [2.24, 2.45) is 5.41 Å². The third kappa shape index (κ3) is 4.12. The molecule has 8 heteroatoms. The summed E-state index contributed by atoms with van der Waals surface area (Å²) >= 11 is 0. The number of aromatic nitrogens is 2. The summed E-state index contributed by atoms with van der Waals surface area (Å²) in [4.78, 5) is 41.8. The number of rotatable bonds is 5. The molecule has 31 heavy (non-hydrogen) atoms. The number of benzene rings is 1. The molecule has 0 unspecified atom stereocenters. The second-order valence-electron chi connectivity index (χ2n) is 8.17. The Morgan fingerprint density at radius 1 is 1.19 bits per heavy atom. The van der Waals surface area contributed by atoms with Crippen LogP contribution in [-0.4, -0.2) is 39.5 Å². The van der Waals surface area contributed by atoms with Crippen LogP contribution >= 0.6 is 0 Å². The SMILES string of the molecule is CC1(C(=O)Cc2ccc(-n3ccc4ccc(C(=O)NO)cc4c3=O)nc2)CCNCC1. The lowest BCUT2D eigenvalue weighted by atomic mass is 9.75. The first-order valence-electron chi connectivity index (χ1n) is 10.2. The first-order valence-corrected chi connectivity index (χ1v) is 10.2. The summed E-state index contributed by atoms with van der Waals surface area (Å²) in [6.07, 6.45) is 5.24. The number of carbonyl (C=O) groups is 2. The van der Waals surface area contributed by atoms with E-state index in [1.165, 1.54) is 16.7 Å². The van der Waals surface area contributed by atoms with Crippen molar-refractivity contribution < 1.29 is 14.8 Å². The largest absolute Gasteiger partial charge is 0.317 e. The predicted molar refractivity (Wildman–Crippen MR) is 116 cm³/mol. The number of hydrogen-bond acceptors (Lipinski definition) is 6. The number of piperidine rings is 1. The highest BCUT2D eigenvalue weighted by atomic mass is 16.5. The molecule has 160 valence electrons. The topological polar surface area (TPSA) is 113 Å². The summed E-state index contributed by atoms with van der Waals surface area (Å²) in [5.74, 6) is -0.0550. The maximum Gasteiger partial charge on any atom is 0.274 e. The van der Waals surface area contributed by atoms with E-state index in [2.05, 4.69) is 10.3 Å². The molecule has 0 aliphatic carbocycles. The van der Waals surface area contributed by atoms with Crippen molar-refractivity contribution >= 4 is 22.5 Å². The first kappa shape index (κ1) is 20.9. The second kappa shape index (κ2) is 8.41. The van der Waals surface area contributed by atoms with E-state index in [-0.39, 0.29) is 22.3 Å². The molecule has 3 heterocycles. The molecule has 0 spiro atoms. The van der Waals surface area contributed by atoms with Gasteiger partial charge in [0.2, 0.25) is 0 Å². The van der Waals surface area contributed by atoms with E-state index in [9.17, 15) is 14.4 Å². The Morgan fingerprint density at radius 3 is 2.65 bits per heavy atom. The average molecular weight is 420 g/mol. The fourth-order valence-corrected chi connectivity index (χ4v) is 3.95. The predicted octanol–water partition coefficient (Wildman–Crippen LogP) is 2.01. The number of ketones is 1. The van der Waals surface area contributed by atoms with Crippen molar-refractivity contribution in [1.82, 2.24) is 20.3 Å². The van der Waals surface area contributed by atoms with Crippen molar-refractivity contribution in [2.75, 3.05) is 13.1 Å². The van der Waals surface area contributed by atoms with Crippen LogP contribution in [0.5, 0.6) is 0 Å². The Morgan fingerprint density at radius 2 is 1.97 bits per heavy atom. The molecule has 0 radical (unpaired) electrons. The van der Waals surface area contributed by atoms with Crippen molar-refractivity contribution in [3.05, 3.63) is 70.3 Å². The van der Waals surface area contributed by atoms with Gasteiger partial charge in [-0.15, -0.1) is 0 Å². The van der Waals surface area contributed by atoms with Crippen LogP contribution < -0.4 is 16.4 Å². The maximum absolute atomic E-state index is 13.0. The van der Waals surface area contributed by atoms with Gasteiger partial charge in [-0.2, -0.15) is 0 Å². The van der Waals surface area contributed by atoms with Crippen LogP contribution in [0, 0.1) is 5.41 Å². The van der Waals surface area contributed by atoms with Gasteiger partial charge in [0.15, 0.2) is 0 Å². The molecule has 3 aromatic rings. The summed E-state index contributed by atoms with van der Waals surface area (Å²) in [7, 11) is 0. The number of Topliss-reactive ketones (excluding diaryl/α,β-unsaturated/α-hetero) is 1. The van der Waals surface area contributed by atoms with Gasteiger partial charge >= 0.3 is 0 Å². The van der Waals surface area contributed by atoms with Gasteiger partial charge in [0.1, 0.15) is 11.6 Å². The number of hydroxylamine groups is 1. The molecule has 0 saturated carbocycles. The molecule has 1 aliphatic heterocycles. The van der Waals surface area contributed by atoms with E-state index < -0.39 is 5.91 Å². The molecule has 4 rings (SSSR count). The maximum atomic E-state index is 13.0. The third-order valence-electron chi connectivity index (χ3n) is 6.07. The van der Waals surface area contributed by atoms with E-state index >= 15 is 0 Å². The number of hydrogen-bond donors (Lipinski definition) is 3. The molecule has 3 N–H and O–H groups in total. The molecule has 1 aliphatic rings. The first-order chi connectivity index (χ1) is 14.9. The summed E-state index contributed by atoms with van der Waals surface area (Å²) in [6.45, 7) is 3.73. The van der Waals surface area contributed by atoms with Gasteiger partial charge in [0.25, 0.3) is 11.5 Å². The van der Waals surface area contributed by atoms with Crippen molar-refractivity contribution in [3.8, 4) is 5.82 Å².